The molecule has 0 aliphatic carbocycles. The molecule has 4 atom stereocenters. The number of nitrogens with one attached hydrogen (secondary N) is 1. The van der Waals surface area contributed by atoms with E-state index in [-0.39, 0.29) is 86.7 Å². The lowest BCUT2D eigenvalue weighted by Gasteiger charge is -2.40. The van der Waals surface area contributed by atoms with Crippen LogP contribution in [-0.4, -0.2) is 119 Å². The van der Waals surface area contributed by atoms with E-state index < -0.39 is 64.3 Å². The average molecular weight is 1010 g/mol. The fourth-order valence-electron chi connectivity index (χ4n) is 11.1. The summed E-state index contributed by atoms with van der Waals surface area (Å²) in [5, 5.41) is 13.5. The molecule has 73 heavy (non-hydrogen) atoms. The zero-order valence-corrected chi connectivity index (χ0v) is 40.9. The maximum atomic E-state index is 18.3. The maximum absolute atomic E-state index is 18.3. The predicted octanol–water partition coefficient (Wildman–Crippen LogP) is 9.68. The topological polar surface area (TPSA) is 151 Å². The molecule has 4 aliphatic heterocycles. The van der Waals surface area contributed by atoms with Gasteiger partial charge in [0.2, 0.25) is 0 Å². The van der Waals surface area contributed by atoms with E-state index in [4.69, 9.17) is 33.9 Å². The summed E-state index contributed by atoms with van der Waals surface area (Å²) in [5.74, 6) is 0.863. The van der Waals surface area contributed by atoms with Gasteiger partial charge >= 0.3 is 18.3 Å². The van der Waals surface area contributed by atoms with Gasteiger partial charge in [-0.15, -0.1) is 0 Å². The fraction of sp³-hybridized carbons (Fsp3) is 0.415. The van der Waals surface area contributed by atoms with Crippen LogP contribution in [0.15, 0.2) is 78.9 Å². The zero-order chi connectivity index (χ0) is 51.2. The second-order valence-corrected chi connectivity index (χ2v) is 19.3. The number of alkyl halides is 4. The number of ether oxygens (including phenoxy) is 4. The standard InChI is InChI=1S/C53H56F5N9O6/c1-31-22-41(64(25-33-8-16-39(71-3)17-9-33)26-34-10-18-40(72-4)19-11-34)60-46(43(31)53(56,57)58)47-44(55)45-42(48(61-47)59-24-32-6-14-38(70-2)15-7-32)49(65-28-36-12-13-37(29-65)67(36)51(68)69)63-50(62-45)73-30-52-20-5-21-66(52)27-35(54)23-52/h6-11,14-19,22,35-37H,5,12-13,20-21,23-30H2,1-4H3,(H,59,61)(H,68,69)/t35-,36-,37+,52+/m1/s1. The predicted molar refractivity (Wildman–Crippen MR) is 264 cm³/mol. The number of hydrogen-bond donors (Lipinski definition) is 2. The van der Waals surface area contributed by atoms with Gasteiger partial charge < -0.3 is 39.2 Å². The molecule has 0 saturated carbocycles. The summed E-state index contributed by atoms with van der Waals surface area (Å²) in [5.41, 5.74) is -1.61. The highest BCUT2D eigenvalue weighted by atomic mass is 19.4. The van der Waals surface area contributed by atoms with E-state index in [1.54, 1.807) is 67.7 Å². The molecule has 4 aliphatic rings. The third kappa shape index (κ3) is 9.88. The number of carboxylic acid groups (broad SMARTS) is 1. The number of halogens is 5. The van der Waals surface area contributed by atoms with Gasteiger partial charge in [0.1, 0.15) is 64.4 Å². The Morgan fingerprint density at radius 2 is 1.41 bits per heavy atom. The molecule has 2 bridgehead atoms. The Hall–Kier alpha value is -7.22. The molecule has 2 N–H and O–H groups in total. The van der Waals surface area contributed by atoms with Gasteiger partial charge in [-0.25, -0.2) is 23.5 Å². The first-order valence-electron chi connectivity index (χ1n) is 24.3. The molecule has 0 unspecified atom stereocenters. The third-order valence-electron chi connectivity index (χ3n) is 14.7. The van der Waals surface area contributed by atoms with E-state index in [1.165, 1.54) is 25.0 Å². The molecule has 4 saturated heterocycles. The molecule has 20 heteroatoms. The summed E-state index contributed by atoms with van der Waals surface area (Å²) < 4.78 is 103. The van der Waals surface area contributed by atoms with Crippen LogP contribution in [0.2, 0.25) is 0 Å². The van der Waals surface area contributed by atoms with E-state index in [0.717, 1.165) is 23.1 Å². The number of fused-ring (bicyclic) bond motifs is 4. The van der Waals surface area contributed by atoms with Crippen molar-refractivity contribution in [1.82, 2.24) is 29.7 Å². The van der Waals surface area contributed by atoms with Crippen LogP contribution in [0.4, 0.5) is 44.2 Å². The van der Waals surface area contributed by atoms with Gasteiger partial charge in [-0.05, 0) is 104 Å². The first kappa shape index (κ1) is 49.4. The molecule has 10 rings (SSSR count). The van der Waals surface area contributed by atoms with Crippen molar-refractivity contribution in [2.24, 2.45) is 0 Å². The summed E-state index contributed by atoms with van der Waals surface area (Å²) in [6.07, 6.45) is -4.28. The number of carbonyl (C=O) groups is 1. The van der Waals surface area contributed by atoms with Crippen LogP contribution >= 0.6 is 0 Å². The third-order valence-corrected chi connectivity index (χ3v) is 14.7. The van der Waals surface area contributed by atoms with E-state index in [1.807, 2.05) is 29.2 Å². The lowest BCUT2D eigenvalue weighted by Crippen LogP contribution is -2.55. The van der Waals surface area contributed by atoms with Gasteiger partial charge in [0, 0.05) is 45.7 Å². The Bertz CT molecular complexity index is 2920. The van der Waals surface area contributed by atoms with Crippen molar-refractivity contribution < 1.29 is 50.8 Å². The van der Waals surface area contributed by atoms with Crippen molar-refractivity contribution in [1.29, 1.82) is 0 Å². The van der Waals surface area contributed by atoms with Crippen LogP contribution in [0.3, 0.4) is 0 Å². The number of piperazine rings is 1. The number of aryl methyl sites for hydroxylation is 1. The summed E-state index contributed by atoms with van der Waals surface area (Å²) in [6.45, 7) is 3.03. The van der Waals surface area contributed by atoms with E-state index in [0.29, 0.717) is 43.1 Å². The number of anilines is 3. The van der Waals surface area contributed by atoms with Gasteiger partial charge in [-0.3, -0.25) is 9.80 Å². The van der Waals surface area contributed by atoms with Crippen molar-refractivity contribution in [3.63, 3.8) is 0 Å². The van der Waals surface area contributed by atoms with Crippen LogP contribution in [-0.2, 0) is 25.8 Å². The van der Waals surface area contributed by atoms with E-state index >= 15 is 17.6 Å². The van der Waals surface area contributed by atoms with Gasteiger partial charge in [-0.1, -0.05) is 36.4 Å². The zero-order valence-electron chi connectivity index (χ0n) is 40.9. The Balaban J connectivity index is 1.16. The number of nitrogens with zero attached hydrogens (tertiary/aromatic N) is 8. The van der Waals surface area contributed by atoms with Gasteiger partial charge in [-0.2, -0.15) is 23.1 Å². The van der Waals surface area contributed by atoms with Gasteiger partial charge in [0.15, 0.2) is 5.82 Å². The molecular weight excluding hydrogens is 954 g/mol. The minimum absolute atomic E-state index is 0.0161. The van der Waals surface area contributed by atoms with Crippen LogP contribution in [0.1, 0.15) is 59.9 Å². The highest BCUT2D eigenvalue weighted by Gasteiger charge is 2.50. The van der Waals surface area contributed by atoms with Crippen molar-refractivity contribution in [3.05, 3.63) is 112 Å². The number of hydrogen-bond acceptors (Lipinski definition) is 13. The first-order chi connectivity index (χ1) is 35.1. The normalized spacial score (nSPS) is 20.6. The van der Waals surface area contributed by atoms with Gasteiger partial charge in [0.25, 0.3) is 0 Å². The van der Waals surface area contributed by atoms with Crippen LogP contribution in [0.5, 0.6) is 23.3 Å². The number of aromatic nitrogens is 4. The Morgan fingerprint density at radius 3 is 1.97 bits per heavy atom. The summed E-state index contributed by atoms with van der Waals surface area (Å²) in [7, 11) is 4.64. The molecule has 1 amide bonds. The second-order valence-electron chi connectivity index (χ2n) is 19.3. The minimum Gasteiger partial charge on any atom is -0.497 e. The molecule has 15 nitrogen and oxygen atoms in total. The summed E-state index contributed by atoms with van der Waals surface area (Å²) >= 11 is 0. The lowest BCUT2D eigenvalue weighted by atomic mass is 9.95. The number of benzene rings is 3. The van der Waals surface area contributed by atoms with Crippen molar-refractivity contribution in [3.8, 4) is 34.6 Å². The molecule has 7 heterocycles. The Morgan fingerprint density at radius 1 is 0.822 bits per heavy atom. The molecule has 3 aromatic heterocycles. The van der Waals surface area contributed by atoms with E-state index in [9.17, 15) is 14.3 Å². The van der Waals surface area contributed by atoms with Crippen molar-refractivity contribution in [2.45, 2.75) is 88.6 Å². The quantitative estimate of drug-likeness (QED) is 0.0886. The molecule has 384 valence electrons. The molecular formula is C53H56F5N9O6. The SMILES string of the molecule is COc1ccc(CNc2nc(-c3nc(N(Cc4ccc(OC)cc4)Cc4ccc(OC)cc4)cc(C)c3C(F)(F)F)c(F)c3nc(OC[C@@]45CCCN4C[C@H](F)C5)nc(N4C[C@H]5CC[C@@H](C4)N5C(=O)O)c23)cc1. The highest BCUT2D eigenvalue weighted by molar-refractivity contribution is 6.01. The average Bonchev–Trinajstić information content (AvgIpc) is 4.01. The monoisotopic (exact) mass is 1010 g/mol. The second kappa shape index (κ2) is 20.0. The Kier molecular flexibility index (Phi) is 13.5. The first-order valence-corrected chi connectivity index (χ1v) is 24.3. The number of pyridine rings is 2. The highest BCUT2D eigenvalue weighted by Crippen LogP contribution is 2.46. The van der Waals surface area contributed by atoms with Crippen LogP contribution < -0.4 is 34.1 Å². The summed E-state index contributed by atoms with van der Waals surface area (Å²) in [6, 6.07) is 21.9. The number of methoxy groups -OCH3 is 3. The largest absolute Gasteiger partial charge is 0.497 e. The van der Waals surface area contributed by atoms with Crippen molar-refractivity contribution in [2.75, 3.05) is 69.2 Å². The molecule has 0 radical (unpaired) electrons. The Labute approximate surface area is 418 Å². The van der Waals surface area contributed by atoms with Crippen molar-refractivity contribution >= 4 is 34.4 Å². The molecule has 4 fully saturated rings. The summed E-state index contributed by atoms with van der Waals surface area (Å²) in [4.78, 5) is 38.7. The van der Waals surface area contributed by atoms with Gasteiger partial charge in [0.05, 0.1) is 49.9 Å². The molecule has 3 aromatic carbocycles. The lowest BCUT2D eigenvalue weighted by molar-refractivity contribution is -0.137. The van der Waals surface area contributed by atoms with E-state index in [2.05, 4.69) is 15.2 Å². The molecule has 0 spiro atoms. The van der Waals surface area contributed by atoms with Crippen LogP contribution in [0.25, 0.3) is 22.3 Å². The maximum Gasteiger partial charge on any atom is 0.418 e. The number of rotatable bonds is 16. The fourth-order valence-corrected chi connectivity index (χ4v) is 11.1. The molecule has 6 aromatic rings. The van der Waals surface area contributed by atoms with Crippen LogP contribution in [0, 0.1) is 12.7 Å². The minimum atomic E-state index is -5.03. The number of amides is 1. The smallest absolute Gasteiger partial charge is 0.418 e.